The molecule has 0 radical (unpaired) electrons. The second kappa shape index (κ2) is 15.9. The molecule has 0 aromatic heterocycles. The first kappa shape index (κ1) is 32.6. The molecule has 3 aromatic rings. The Balaban J connectivity index is 0.000000223. The Morgan fingerprint density at radius 2 is 1.38 bits per heavy atom. The fourth-order valence-electron chi connectivity index (χ4n) is 7.01. The molecule has 1 N–H and O–H groups in total. The lowest BCUT2D eigenvalue weighted by Gasteiger charge is -2.37. The lowest BCUT2D eigenvalue weighted by atomic mass is 9.84. The summed E-state index contributed by atoms with van der Waals surface area (Å²) in [5.41, 5.74) is 4.50. The first-order chi connectivity index (χ1) is 21.9. The van der Waals surface area contributed by atoms with Crippen molar-refractivity contribution < 1.29 is 19.4 Å². The van der Waals surface area contributed by atoms with Gasteiger partial charge in [-0.25, -0.2) is 4.79 Å². The number of methoxy groups -OCH3 is 1. The minimum atomic E-state index is -0.842. The average molecular weight is 612 g/mol. The summed E-state index contributed by atoms with van der Waals surface area (Å²) in [6.45, 7) is 3.99. The van der Waals surface area contributed by atoms with E-state index < -0.39 is 5.97 Å². The number of ether oxygens (including phenoxy) is 1. The van der Waals surface area contributed by atoms with Gasteiger partial charge < -0.3 is 24.5 Å². The minimum absolute atomic E-state index is 0.0944. The molecule has 1 aliphatic heterocycles. The third-order valence-corrected chi connectivity index (χ3v) is 9.70. The van der Waals surface area contributed by atoms with Crippen molar-refractivity contribution >= 4 is 23.3 Å². The number of aromatic carboxylic acids is 1. The number of likely N-dealkylation sites (N-methyl/N-ethyl adjacent to an activating group) is 1. The summed E-state index contributed by atoms with van der Waals surface area (Å²) in [6, 6.07) is 23.5. The number of carboxylic acids is 1. The SMILES string of the molecule is COc1ccc(N(C(=O)c2ccccc2)C2CCCCC2)cc1N1CCN(C)CC1.O=C(O)c1ccc(C2CCCCC2)cc1. The van der Waals surface area contributed by atoms with Crippen LogP contribution in [0.4, 0.5) is 11.4 Å². The van der Waals surface area contributed by atoms with E-state index in [1.807, 2.05) is 59.5 Å². The van der Waals surface area contributed by atoms with Gasteiger partial charge in [0.25, 0.3) is 5.91 Å². The second-order valence-corrected chi connectivity index (χ2v) is 12.7. The zero-order chi connectivity index (χ0) is 31.6. The molecule has 1 amide bonds. The Hall–Kier alpha value is -3.84. The van der Waals surface area contributed by atoms with E-state index >= 15 is 0 Å². The van der Waals surface area contributed by atoms with Crippen molar-refractivity contribution in [3.63, 3.8) is 0 Å². The van der Waals surface area contributed by atoms with E-state index in [2.05, 4.69) is 22.9 Å². The largest absolute Gasteiger partial charge is 0.495 e. The van der Waals surface area contributed by atoms with E-state index in [-0.39, 0.29) is 11.9 Å². The van der Waals surface area contributed by atoms with Gasteiger partial charge in [0.05, 0.1) is 18.4 Å². The Labute approximate surface area is 268 Å². The number of nitrogens with zero attached hydrogens (tertiary/aromatic N) is 3. The summed E-state index contributed by atoms with van der Waals surface area (Å²) in [4.78, 5) is 31.1. The van der Waals surface area contributed by atoms with Crippen LogP contribution >= 0.6 is 0 Å². The fraction of sp³-hybridized carbons (Fsp3) is 0.474. The van der Waals surface area contributed by atoms with Crippen LogP contribution in [-0.2, 0) is 0 Å². The molecular weight excluding hydrogens is 562 g/mol. The number of carboxylic acid groups (broad SMARTS) is 1. The van der Waals surface area contributed by atoms with Crippen molar-refractivity contribution in [2.75, 3.05) is 50.1 Å². The zero-order valence-electron chi connectivity index (χ0n) is 27.0. The van der Waals surface area contributed by atoms with Gasteiger partial charge in [-0.05, 0) is 86.7 Å². The fourth-order valence-corrected chi connectivity index (χ4v) is 7.01. The van der Waals surface area contributed by atoms with Crippen LogP contribution in [0, 0.1) is 0 Å². The summed E-state index contributed by atoms with van der Waals surface area (Å²) >= 11 is 0. The van der Waals surface area contributed by atoms with Crippen molar-refractivity contribution in [1.29, 1.82) is 0 Å². The normalized spacial score (nSPS) is 18.0. The number of hydrogen-bond acceptors (Lipinski definition) is 5. The average Bonchev–Trinajstić information content (AvgIpc) is 3.10. The molecule has 1 saturated heterocycles. The highest BCUT2D eigenvalue weighted by molar-refractivity contribution is 6.06. The topological polar surface area (TPSA) is 73.3 Å². The van der Waals surface area contributed by atoms with Crippen LogP contribution in [-0.4, -0.2) is 68.3 Å². The maximum atomic E-state index is 13.6. The lowest BCUT2D eigenvalue weighted by molar-refractivity contribution is 0.0696. The monoisotopic (exact) mass is 611 g/mol. The number of benzene rings is 3. The van der Waals surface area contributed by atoms with Crippen LogP contribution in [0.3, 0.4) is 0 Å². The Kier molecular flexibility index (Phi) is 11.5. The molecule has 45 heavy (non-hydrogen) atoms. The van der Waals surface area contributed by atoms with E-state index in [9.17, 15) is 9.59 Å². The standard InChI is InChI=1S/C25H33N3O2.C13H16O2/c1-26-15-17-27(18-16-26)23-19-22(13-14-24(23)30-2)28(21-11-7-4-8-12-21)25(29)20-9-5-3-6-10-20;14-13(15)12-8-6-11(7-9-12)10-4-2-1-3-5-10/h3,5-6,9-10,13-14,19,21H,4,7-8,11-12,15-18H2,1-2H3;6-10H,1-5H2,(H,14,15). The summed E-state index contributed by atoms with van der Waals surface area (Å²) in [7, 11) is 3.89. The maximum Gasteiger partial charge on any atom is 0.335 e. The van der Waals surface area contributed by atoms with Gasteiger partial charge in [0.2, 0.25) is 0 Å². The summed E-state index contributed by atoms with van der Waals surface area (Å²) in [6.07, 6.45) is 12.2. The molecule has 2 aliphatic carbocycles. The first-order valence-corrected chi connectivity index (χ1v) is 16.8. The number of carbonyl (C=O) groups excluding carboxylic acids is 1. The molecule has 240 valence electrons. The maximum absolute atomic E-state index is 13.6. The molecule has 3 aromatic carbocycles. The van der Waals surface area contributed by atoms with Gasteiger partial charge in [-0.1, -0.05) is 68.9 Å². The highest BCUT2D eigenvalue weighted by Crippen LogP contribution is 2.37. The third-order valence-electron chi connectivity index (χ3n) is 9.70. The Morgan fingerprint density at radius 1 is 0.756 bits per heavy atom. The van der Waals surface area contributed by atoms with Crippen LogP contribution in [0.1, 0.15) is 96.4 Å². The zero-order valence-corrected chi connectivity index (χ0v) is 27.0. The molecule has 7 nitrogen and oxygen atoms in total. The number of hydrogen-bond donors (Lipinski definition) is 1. The van der Waals surface area contributed by atoms with Crippen molar-refractivity contribution in [3.8, 4) is 5.75 Å². The summed E-state index contributed by atoms with van der Waals surface area (Å²) in [5, 5.41) is 8.79. The molecule has 0 unspecified atom stereocenters. The molecule has 0 atom stereocenters. The molecule has 1 heterocycles. The van der Waals surface area contributed by atoms with Crippen LogP contribution < -0.4 is 14.5 Å². The Bertz CT molecular complexity index is 1370. The van der Waals surface area contributed by atoms with E-state index in [0.717, 1.165) is 61.7 Å². The second-order valence-electron chi connectivity index (χ2n) is 12.7. The van der Waals surface area contributed by atoms with Crippen molar-refractivity contribution in [3.05, 3.63) is 89.5 Å². The van der Waals surface area contributed by atoms with Crippen molar-refractivity contribution in [2.24, 2.45) is 0 Å². The Morgan fingerprint density at radius 3 is 1.98 bits per heavy atom. The predicted octanol–water partition coefficient (Wildman–Crippen LogP) is 7.86. The molecule has 3 fully saturated rings. The van der Waals surface area contributed by atoms with Crippen molar-refractivity contribution in [1.82, 2.24) is 4.90 Å². The number of rotatable bonds is 7. The van der Waals surface area contributed by atoms with E-state index in [1.54, 1.807) is 19.2 Å². The predicted molar refractivity (Wildman–Crippen MR) is 182 cm³/mol. The lowest BCUT2D eigenvalue weighted by Crippen LogP contribution is -2.45. The number of amides is 1. The van der Waals surface area contributed by atoms with Crippen LogP contribution in [0.25, 0.3) is 0 Å². The van der Waals surface area contributed by atoms with Gasteiger partial charge in [-0.3, -0.25) is 4.79 Å². The van der Waals surface area contributed by atoms with Crippen LogP contribution in [0.5, 0.6) is 5.75 Å². The summed E-state index contributed by atoms with van der Waals surface area (Å²) in [5.74, 6) is 0.780. The molecule has 6 rings (SSSR count). The van der Waals surface area contributed by atoms with Gasteiger partial charge in [0.1, 0.15) is 5.75 Å². The van der Waals surface area contributed by atoms with Crippen molar-refractivity contribution in [2.45, 2.75) is 76.2 Å². The molecule has 0 bridgehead atoms. The number of carbonyl (C=O) groups is 2. The summed E-state index contributed by atoms with van der Waals surface area (Å²) < 4.78 is 5.69. The van der Waals surface area contributed by atoms with E-state index in [1.165, 1.54) is 56.9 Å². The molecule has 0 spiro atoms. The van der Waals surface area contributed by atoms with Gasteiger partial charge in [-0.15, -0.1) is 0 Å². The van der Waals surface area contributed by atoms with Crippen LogP contribution in [0.15, 0.2) is 72.8 Å². The van der Waals surface area contributed by atoms with E-state index in [0.29, 0.717) is 11.5 Å². The first-order valence-electron chi connectivity index (χ1n) is 16.8. The van der Waals surface area contributed by atoms with Gasteiger partial charge >= 0.3 is 5.97 Å². The van der Waals surface area contributed by atoms with Gasteiger partial charge in [-0.2, -0.15) is 0 Å². The third kappa shape index (κ3) is 8.46. The molecular formula is C38H49N3O4. The molecule has 2 saturated carbocycles. The molecule has 7 heteroatoms. The molecule has 3 aliphatic rings. The number of piperazine rings is 1. The quantitative estimate of drug-likeness (QED) is 0.293. The van der Waals surface area contributed by atoms with Crippen LogP contribution in [0.2, 0.25) is 0 Å². The highest BCUT2D eigenvalue weighted by Gasteiger charge is 2.29. The highest BCUT2D eigenvalue weighted by atomic mass is 16.5. The minimum Gasteiger partial charge on any atom is -0.495 e. The van der Waals surface area contributed by atoms with Gasteiger partial charge in [0.15, 0.2) is 0 Å². The van der Waals surface area contributed by atoms with Gasteiger partial charge in [0, 0.05) is 43.5 Å². The smallest absolute Gasteiger partial charge is 0.335 e. The van der Waals surface area contributed by atoms with E-state index in [4.69, 9.17) is 9.84 Å². The number of anilines is 2.